The third-order valence-corrected chi connectivity index (χ3v) is 2.34. The van der Waals surface area contributed by atoms with Gasteiger partial charge in [0, 0.05) is 12.0 Å². The second-order valence-corrected chi connectivity index (χ2v) is 3.46. The van der Waals surface area contributed by atoms with Crippen LogP contribution in [0.2, 0.25) is 0 Å². The Labute approximate surface area is 90.6 Å². The standard InChI is InChI=1S/C13H16O2/c1-4-10(2)9-13(14)11-5-7-12(15-3)8-6-11/h4-8H,9H2,1-3H3/b10-4-. The van der Waals surface area contributed by atoms with Crippen LogP contribution < -0.4 is 4.74 Å². The van der Waals surface area contributed by atoms with Crippen molar-refractivity contribution in [1.29, 1.82) is 0 Å². The number of rotatable bonds is 4. The van der Waals surface area contributed by atoms with E-state index < -0.39 is 0 Å². The van der Waals surface area contributed by atoms with Crippen molar-refractivity contribution in [3.8, 4) is 5.75 Å². The van der Waals surface area contributed by atoms with E-state index >= 15 is 0 Å². The largest absolute Gasteiger partial charge is 0.497 e. The Morgan fingerprint density at radius 3 is 2.40 bits per heavy atom. The molecule has 0 unspecified atom stereocenters. The summed E-state index contributed by atoms with van der Waals surface area (Å²) in [5, 5.41) is 0. The molecule has 0 aliphatic heterocycles. The number of allylic oxidation sites excluding steroid dienone is 2. The molecule has 0 aliphatic rings. The van der Waals surface area contributed by atoms with Crippen molar-refractivity contribution in [3.63, 3.8) is 0 Å². The Morgan fingerprint density at radius 2 is 1.93 bits per heavy atom. The molecular formula is C13H16O2. The number of methoxy groups -OCH3 is 1. The highest BCUT2D eigenvalue weighted by Gasteiger charge is 2.05. The molecule has 1 aromatic rings. The van der Waals surface area contributed by atoms with E-state index in [1.165, 1.54) is 0 Å². The number of carbonyl (C=O) groups is 1. The maximum atomic E-state index is 11.7. The van der Waals surface area contributed by atoms with Gasteiger partial charge in [-0.3, -0.25) is 4.79 Å². The SMILES string of the molecule is C/C=C(/C)CC(=O)c1ccc(OC)cc1. The van der Waals surface area contributed by atoms with E-state index in [4.69, 9.17) is 4.74 Å². The summed E-state index contributed by atoms with van der Waals surface area (Å²) in [6, 6.07) is 7.20. The van der Waals surface area contributed by atoms with Crippen molar-refractivity contribution in [1.82, 2.24) is 0 Å². The predicted molar refractivity (Wildman–Crippen MR) is 61.4 cm³/mol. The Bertz CT molecular complexity index is 361. The fraction of sp³-hybridized carbons (Fsp3) is 0.308. The van der Waals surface area contributed by atoms with Crippen molar-refractivity contribution in [3.05, 3.63) is 41.5 Å². The topological polar surface area (TPSA) is 26.3 Å². The molecule has 0 aromatic heterocycles. The summed E-state index contributed by atoms with van der Waals surface area (Å²) in [5.74, 6) is 0.919. The van der Waals surface area contributed by atoms with Crippen LogP contribution in [0, 0.1) is 0 Å². The zero-order valence-electron chi connectivity index (χ0n) is 9.41. The normalized spacial score (nSPS) is 11.3. The summed E-state index contributed by atoms with van der Waals surface area (Å²) in [4.78, 5) is 11.7. The highest BCUT2D eigenvalue weighted by atomic mass is 16.5. The van der Waals surface area contributed by atoms with Crippen molar-refractivity contribution < 1.29 is 9.53 Å². The van der Waals surface area contributed by atoms with Gasteiger partial charge in [-0.1, -0.05) is 11.6 Å². The molecule has 0 spiro atoms. The minimum atomic E-state index is 0.147. The number of benzene rings is 1. The zero-order chi connectivity index (χ0) is 11.3. The summed E-state index contributed by atoms with van der Waals surface area (Å²) in [6.45, 7) is 3.90. The Hall–Kier alpha value is -1.57. The molecule has 0 atom stereocenters. The molecule has 2 heteroatoms. The van der Waals surface area contributed by atoms with E-state index in [-0.39, 0.29) is 5.78 Å². The summed E-state index contributed by atoms with van der Waals surface area (Å²) >= 11 is 0. The fourth-order valence-electron chi connectivity index (χ4n) is 1.23. The molecule has 2 nitrogen and oxygen atoms in total. The lowest BCUT2D eigenvalue weighted by Crippen LogP contribution is -1.99. The van der Waals surface area contributed by atoms with Gasteiger partial charge in [-0.25, -0.2) is 0 Å². The van der Waals surface area contributed by atoms with Gasteiger partial charge >= 0.3 is 0 Å². The molecule has 1 rings (SSSR count). The van der Waals surface area contributed by atoms with Crippen molar-refractivity contribution in [2.75, 3.05) is 7.11 Å². The summed E-state index contributed by atoms with van der Waals surface area (Å²) in [7, 11) is 1.61. The van der Waals surface area contributed by atoms with E-state index in [2.05, 4.69) is 0 Å². The number of hydrogen-bond donors (Lipinski definition) is 0. The van der Waals surface area contributed by atoms with Crippen LogP contribution in [0.1, 0.15) is 30.6 Å². The lowest BCUT2D eigenvalue weighted by atomic mass is 10.0. The van der Waals surface area contributed by atoms with Gasteiger partial charge in [-0.2, -0.15) is 0 Å². The van der Waals surface area contributed by atoms with E-state index in [0.717, 1.165) is 16.9 Å². The van der Waals surface area contributed by atoms with Gasteiger partial charge in [0.25, 0.3) is 0 Å². The quantitative estimate of drug-likeness (QED) is 0.556. The molecule has 0 radical (unpaired) electrons. The molecule has 0 fully saturated rings. The molecule has 0 N–H and O–H groups in total. The first-order chi connectivity index (χ1) is 7.17. The minimum absolute atomic E-state index is 0.147. The van der Waals surface area contributed by atoms with Crippen LogP contribution in [0.15, 0.2) is 35.9 Å². The molecule has 0 aliphatic carbocycles. The van der Waals surface area contributed by atoms with Gasteiger partial charge in [0.05, 0.1) is 7.11 Å². The molecule has 80 valence electrons. The highest BCUT2D eigenvalue weighted by Crippen LogP contribution is 2.14. The lowest BCUT2D eigenvalue weighted by Gasteiger charge is -2.03. The van der Waals surface area contributed by atoms with Crippen LogP contribution >= 0.6 is 0 Å². The number of ether oxygens (including phenoxy) is 1. The third-order valence-electron chi connectivity index (χ3n) is 2.34. The first-order valence-corrected chi connectivity index (χ1v) is 4.96. The summed E-state index contributed by atoms with van der Waals surface area (Å²) < 4.78 is 5.03. The number of Topliss-reactive ketones (excluding diaryl/α,β-unsaturated/α-hetero) is 1. The second kappa shape index (κ2) is 5.35. The van der Waals surface area contributed by atoms with Gasteiger partial charge in [-0.05, 0) is 38.1 Å². The van der Waals surface area contributed by atoms with Gasteiger partial charge < -0.3 is 4.74 Å². The average molecular weight is 204 g/mol. The molecule has 1 aromatic carbocycles. The van der Waals surface area contributed by atoms with Gasteiger partial charge in [0.1, 0.15) is 5.75 Å². The van der Waals surface area contributed by atoms with Gasteiger partial charge in [0.15, 0.2) is 5.78 Å². The van der Waals surface area contributed by atoms with Crippen molar-refractivity contribution in [2.24, 2.45) is 0 Å². The maximum absolute atomic E-state index is 11.7. The highest BCUT2D eigenvalue weighted by molar-refractivity contribution is 5.97. The van der Waals surface area contributed by atoms with Crippen molar-refractivity contribution in [2.45, 2.75) is 20.3 Å². The molecule has 0 saturated carbocycles. The van der Waals surface area contributed by atoms with Crippen LogP contribution in [-0.2, 0) is 0 Å². The van der Waals surface area contributed by atoms with Crippen LogP contribution in [-0.4, -0.2) is 12.9 Å². The van der Waals surface area contributed by atoms with E-state index in [9.17, 15) is 4.79 Å². The fourth-order valence-corrected chi connectivity index (χ4v) is 1.23. The van der Waals surface area contributed by atoms with Gasteiger partial charge in [0.2, 0.25) is 0 Å². The average Bonchev–Trinajstić information content (AvgIpc) is 2.29. The summed E-state index contributed by atoms with van der Waals surface area (Å²) in [5.41, 5.74) is 1.83. The molecular weight excluding hydrogens is 188 g/mol. The molecule has 0 heterocycles. The first kappa shape index (κ1) is 11.5. The molecule has 0 saturated heterocycles. The number of hydrogen-bond acceptors (Lipinski definition) is 2. The number of carbonyl (C=O) groups excluding carboxylic acids is 1. The smallest absolute Gasteiger partial charge is 0.166 e. The van der Waals surface area contributed by atoms with E-state index in [0.29, 0.717) is 6.42 Å². The third kappa shape index (κ3) is 3.24. The van der Waals surface area contributed by atoms with Crippen LogP contribution in [0.25, 0.3) is 0 Å². The van der Waals surface area contributed by atoms with Crippen molar-refractivity contribution >= 4 is 5.78 Å². The summed E-state index contributed by atoms with van der Waals surface area (Å²) in [6.07, 6.45) is 2.45. The first-order valence-electron chi connectivity index (χ1n) is 4.96. The van der Waals surface area contributed by atoms with Gasteiger partial charge in [-0.15, -0.1) is 0 Å². The molecule has 15 heavy (non-hydrogen) atoms. The van der Waals surface area contributed by atoms with Crippen LogP contribution in [0.5, 0.6) is 5.75 Å². The molecule has 0 amide bonds. The maximum Gasteiger partial charge on any atom is 0.166 e. The molecule has 0 bridgehead atoms. The number of ketones is 1. The van der Waals surface area contributed by atoms with Crippen LogP contribution in [0.4, 0.5) is 0 Å². The Kier molecular flexibility index (Phi) is 4.10. The zero-order valence-corrected chi connectivity index (χ0v) is 9.41. The monoisotopic (exact) mass is 204 g/mol. The van der Waals surface area contributed by atoms with Crippen LogP contribution in [0.3, 0.4) is 0 Å². The Balaban J connectivity index is 2.74. The Morgan fingerprint density at radius 1 is 1.33 bits per heavy atom. The van der Waals surface area contributed by atoms with E-state index in [1.807, 2.05) is 19.9 Å². The minimum Gasteiger partial charge on any atom is -0.497 e. The second-order valence-electron chi connectivity index (χ2n) is 3.46. The predicted octanol–water partition coefficient (Wildman–Crippen LogP) is 3.23. The van der Waals surface area contributed by atoms with E-state index in [1.54, 1.807) is 31.4 Å². The lowest BCUT2D eigenvalue weighted by molar-refractivity contribution is 0.0993.